The number of nitrogens with zero attached hydrogens (tertiary/aromatic N) is 2. The predicted octanol–water partition coefficient (Wildman–Crippen LogP) is 0.655. The van der Waals surface area contributed by atoms with Gasteiger partial charge in [0, 0.05) is 44.3 Å². The monoisotopic (exact) mass is 688 g/mol. The van der Waals surface area contributed by atoms with Gasteiger partial charge in [0.15, 0.2) is 0 Å². The number of alkyl carbamates (subject to hydrolysis) is 1. The molecule has 16 heteroatoms. The fraction of sp³-hybridized carbons (Fsp3) is 0.636. The minimum absolute atomic E-state index is 0.0409. The van der Waals surface area contributed by atoms with Crippen LogP contribution in [0, 0.1) is 0 Å². The van der Waals surface area contributed by atoms with Gasteiger partial charge in [-0.2, -0.15) is 0 Å². The normalized spacial score (nSPS) is 18.7. The van der Waals surface area contributed by atoms with Gasteiger partial charge in [-0.05, 0) is 52.2 Å². The average molecular weight is 689 g/mol. The second kappa shape index (κ2) is 18.0. The molecule has 0 aromatic heterocycles. The van der Waals surface area contributed by atoms with Gasteiger partial charge < -0.3 is 34.9 Å². The quantitative estimate of drug-likeness (QED) is 0.132. The van der Waals surface area contributed by atoms with E-state index in [4.69, 9.17) is 18.9 Å². The van der Waals surface area contributed by atoms with Gasteiger partial charge in [0.05, 0.1) is 57.3 Å². The maximum absolute atomic E-state index is 13.1. The number of nitrogens with one attached hydrogen (secondary N) is 4. The number of amides is 6. The molecule has 1 unspecified atom stereocenters. The van der Waals surface area contributed by atoms with E-state index in [1.54, 1.807) is 18.2 Å². The fourth-order valence-corrected chi connectivity index (χ4v) is 5.69. The second-order valence-corrected chi connectivity index (χ2v) is 13.0. The zero-order valence-corrected chi connectivity index (χ0v) is 28.5. The van der Waals surface area contributed by atoms with E-state index < -0.39 is 41.4 Å². The van der Waals surface area contributed by atoms with Crippen molar-refractivity contribution >= 4 is 41.3 Å². The summed E-state index contributed by atoms with van der Waals surface area (Å²) in [7, 11) is 0. The van der Waals surface area contributed by atoms with Crippen LogP contribution in [0.1, 0.15) is 67.2 Å². The molecule has 16 nitrogen and oxygen atoms in total. The first-order valence-electron chi connectivity index (χ1n) is 16.7. The van der Waals surface area contributed by atoms with Crippen LogP contribution in [0.15, 0.2) is 18.2 Å². The third-order valence-electron chi connectivity index (χ3n) is 8.02. The number of benzene rings is 1. The van der Waals surface area contributed by atoms with Crippen LogP contribution in [0.5, 0.6) is 0 Å². The van der Waals surface area contributed by atoms with E-state index in [1.807, 2.05) is 20.8 Å². The number of hydrogen-bond donors (Lipinski definition) is 4. The highest BCUT2D eigenvalue weighted by molar-refractivity contribution is 6.25. The van der Waals surface area contributed by atoms with Crippen LogP contribution in [0.3, 0.4) is 0 Å². The minimum Gasteiger partial charge on any atom is -0.444 e. The van der Waals surface area contributed by atoms with Crippen LogP contribution in [0.4, 0.5) is 10.5 Å². The molecule has 0 radical (unpaired) electrons. The number of carbonyl (C=O) groups is 6. The van der Waals surface area contributed by atoms with Crippen molar-refractivity contribution in [3.8, 4) is 0 Å². The number of fused-ring (bicyclic) bond motifs is 1. The van der Waals surface area contributed by atoms with E-state index in [0.29, 0.717) is 78.1 Å². The number of carbonyl (C=O) groups excluding carboxylic acids is 6. The maximum Gasteiger partial charge on any atom is 0.407 e. The third kappa shape index (κ3) is 11.5. The van der Waals surface area contributed by atoms with Crippen LogP contribution in [0.2, 0.25) is 0 Å². The number of anilines is 1. The molecule has 0 bridgehead atoms. The third-order valence-corrected chi connectivity index (χ3v) is 8.02. The van der Waals surface area contributed by atoms with Crippen LogP contribution >= 0.6 is 0 Å². The molecule has 3 aliphatic rings. The zero-order valence-electron chi connectivity index (χ0n) is 28.5. The van der Waals surface area contributed by atoms with E-state index in [1.165, 1.54) is 0 Å². The van der Waals surface area contributed by atoms with E-state index in [2.05, 4.69) is 26.2 Å². The van der Waals surface area contributed by atoms with Gasteiger partial charge in [-0.1, -0.05) is 6.07 Å². The van der Waals surface area contributed by atoms with E-state index in [-0.39, 0.29) is 35.9 Å². The molecule has 49 heavy (non-hydrogen) atoms. The van der Waals surface area contributed by atoms with Gasteiger partial charge in [0.25, 0.3) is 11.8 Å². The lowest BCUT2D eigenvalue weighted by molar-refractivity contribution is -0.136. The summed E-state index contributed by atoms with van der Waals surface area (Å²) in [6.45, 7) is 10.1. The Morgan fingerprint density at radius 2 is 1.53 bits per heavy atom. The van der Waals surface area contributed by atoms with Crippen molar-refractivity contribution in [3.05, 3.63) is 29.3 Å². The van der Waals surface area contributed by atoms with Gasteiger partial charge in [0.2, 0.25) is 17.7 Å². The van der Waals surface area contributed by atoms with Crippen LogP contribution < -0.4 is 21.3 Å². The molecule has 0 spiro atoms. The summed E-state index contributed by atoms with van der Waals surface area (Å²) in [5, 5.41) is 11.1. The highest BCUT2D eigenvalue weighted by Crippen LogP contribution is 2.32. The summed E-state index contributed by atoms with van der Waals surface area (Å²) < 4.78 is 21.9. The van der Waals surface area contributed by atoms with E-state index in [0.717, 1.165) is 17.7 Å². The Balaban J connectivity index is 0.984. The molecule has 1 aromatic carbocycles. The van der Waals surface area contributed by atoms with Crippen molar-refractivity contribution in [1.29, 1.82) is 0 Å². The summed E-state index contributed by atoms with van der Waals surface area (Å²) in [4.78, 5) is 77.1. The summed E-state index contributed by atoms with van der Waals surface area (Å²) >= 11 is 0. The Morgan fingerprint density at radius 1 is 0.878 bits per heavy atom. The zero-order chi connectivity index (χ0) is 35.4. The maximum atomic E-state index is 13.1. The molecule has 0 aliphatic carbocycles. The molecule has 270 valence electrons. The summed E-state index contributed by atoms with van der Waals surface area (Å²) in [6, 6.07) is 3.91. The lowest BCUT2D eigenvalue weighted by Gasteiger charge is -2.32. The van der Waals surface area contributed by atoms with E-state index in [9.17, 15) is 28.8 Å². The summed E-state index contributed by atoms with van der Waals surface area (Å²) in [5.41, 5.74) is 0.340. The fourth-order valence-electron chi connectivity index (χ4n) is 5.69. The van der Waals surface area contributed by atoms with Gasteiger partial charge in [-0.3, -0.25) is 39.1 Å². The number of ether oxygens (including phenoxy) is 4. The van der Waals surface area contributed by atoms with Crippen molar-refractivity contribution in [2.75, 3.05) is 77.7 Å². The van der Waals surface area contributed by atoms with Crippen LogP contribution in [0.25, 0.3) is 0 Å². The summed E-state index contributed by atoms with van der Waals surface area (Å²) in [6.07, 6.45) is 1.26. The number of likely N-dealkylation sites (tertiary alicyclic amines) is 1. The molecule has 2 saturated heterocycles. The van der Waals surface area contributed by atoms with Gasteiger partial charge >= 0.3 is 6.09 Å². The molecule has 6 amide bonds. The van der Waals surface area contributed by atoms with Crippen molar-refractivity contribution < 1.29 is 47.7 Å². The highest BCUT2D eigenvalue weighted by atomic mass is 16.6. The Labute approximate surface area is 285 Å². The molecule has 2 fully saturated rings. The lowest BCUT2D eigenvalue weighted by atomic mass is 10.0. The van der Waals surface area contributed by atoms with Crippen LogP contribution in [-0.2, 0) is 33.3 Å². The average Bonchev–Trinajstić information content (AvgIpc) is 3.29. The van der Waals surface area contributed by atoms with Gasteiger partial charge in [0.1, 0.15) is 11.6 Å². The number of imide groups is 2. The Bertz CT molecular complexity index is 1360. The van der Waals surface area contributed by atoms with Crippen molar-refractivity contribution in [3.63, 3.8) is 0 Å². The van der Waals surface area contributed by atoms with Gasteiger partial charge in [-0.15, -0.1) is 0 Å². The van der Waals surface area contributed by atoms with E-state index >= 15 is 0 Å². The molecule has 3 aliphatic heterocycles. The standard InChI is InChI=1S/C33H48N6O10/c1-33(2,3)49-32(45)36-22-9-13-38(14-10-22)21-27(41)35-12-16-47-18-20-48-19-17-46-15-11-34-24-6-4-5-23-28(24)31(44)39(30(23)43)25-7-8-26(40)37-29(25)42/h4-6,22,25,34H,7-21H2,1-3H3,(H,35,41)(H,36,45)(H,37,40,42). The van der Waals surface area contributed by atoms with Crippen molar-refractivity contribution in [2.45, 2.75) is 64.1 Å². The lowest BCUT2D eigenvalue weighted by Crippen LogP contribution is -2.54. The molecule has 0 saturated carbocycles. The highest BCUT2D eigenvalue weighted by Gasteiger charge is 2.45. The Hall–Kier alpha value is -4.12. The minimum atomic E-state index is -1.02. The smallest absolute Gasteiger partial charge is 0.407 e. The van der Waals surface area contributed by atoms with Crippen molar-refractivity contribution in [2.24, 2.45) is 0 Å². The SMILES string of the molecule is CC(C)(C)OC(=O)NC1CCN(CC(=O)NCCOCCOCCOCCNc2cccc3c2C(=O)N(C2CCC(=O)NC2=O)C3=O)CC1. The first-order valence-corrected chi connectivity index (χ1v) is 16.7. The number of rotatable bonds is 17. The van der Waals surface area contributed by atoms with Crippen LogP contribution in [-0.4, -0.2) is 135 Å². The van der Waals surface area contributed by atoms with Gasteiger partial charge in [-0.25, -0.2) is 4.79 Å². The molecular formula is C33H48N6O10. The second-order valence-electron chi connectivity index (χ2n) is 13.0. The molecule has 1 atom stereocenters. The number of hydrogen-bond acceptors (Lipinski definition) is 12. The first kappa shape index (κ1) is 37.7. The molecule has 4 N–H and O–H groups in total. The number of piperidine rings is 2. The van der Waals surface area contributed by atoms with Crippen molar-refractivity contribution in [1.82, 2.24) is 25.8 Å². The topological polar surface area (TPSA) is 194 Å². The molecular weight excluding hydrogens is 640 g/mol. The first-order chi connectivity index (χ1) is 23.4. The Kier molecular flexibility index (Phi) is 13.9. The molecule has 1 aromatic rings. The Morgan fingerprint density at radius 3 is 2.18 bits per heavy atom. The molecule has 3 heterocycles. The summed E-state index contributed by atoms with van der Waals surface area (Å²) in [5.74, 6) is -2.27. The largest absolute Gasteiger partial charge is 0.444 e. The predicted molar refractivity (Wildman–Crippen MR) is 176 cm³/mol. The molecule has 4 rings (SSSR count).